The lowest BCUT2D eigenvalue weighted by Gasteiger charge is -2.07. The lowest BCUT2D eigenvalue weighted by molar-refractivity contribution is -0.120. The summed E-state index contributed by atoms with van der Waals surface area (Å²) in [7, 11) is 1.64. The molecule has 0 bridgehead atoms. The molecule has 0 unspecified atom stereocenters. The number of aryl methyl sites for hydroxylation is 1. The SMILES string of the molecule is CCCCCCCC(=O)Nc1ccc(CCC(=O)NC)cc1. The van der Waals surface area contributed by atoms with E-state index in [0.717, 1.165) is 24.1 Å². The largest absolute Gasteiger partial charge is 0.359 e. The van der Waals surface area contributed by atoms with E-state index in [1.165, 1.54) is 19.3 Å². The van der Waals surface area contributed by atoms with Crippen LogP contribution in [0.2, 0.25) is 0 Å². The Morgan fingerprint density at radius 3 is 2.23 bits per heavy atom. The summed E-state index contributed by atoms with van der Waals surface area (Å²) in [5, 5.41) is 5.53. The summed E-state index contributed by atoms with van der Waals surface area (Å²) < 4.78 is 0. The van der Waals surface area contributed by atoms with Gasteiger partial charge in [-0.05, 0) is 30.5 Å². The van der Waals surface area contributed by atoms with Crippen LogP contribution in [-0.4, -0.2) is 18.9 Å². The number of carbonyl (C=O) groups excluding carboxylic acids is 2. The van der Waals surface area contributed by atoms with Crippen molar-refractivity contribution in [3.8, 4) is 0 Å². The van der Waals surface area contributed by atoms with E-state index in [1.54, 1.807) is 7.05 Å². The van der Waals surface area contributed by atoms with Crippen molar-refractivity contribution in [3.63, 3.8) is 0 Å². The van der Waals surface area contributed by atoms with Gasteiger partial charge < -0.3 is 10.6 Å². The summed E-state index contributed by atoms with van der Waals surface area (Å²) in [6, 6.07) is 7.71. The number of anilines is 1. The van der Waals surface area contributed by atoms with Crippen LogP contribution in [0.4, 0.5) is 5.69 Å². The third-order valence-electron chi connectivity index (χ3n) is 3.66. The Bertz CT molecular complexity index is 455. The number of benzene rings is 1. The Hall–Kier alpha value is -1.84. The van der Waals surface area contributed by atoms with Crippen molar-refractivity contribution in [1.82, 2.24) is 5.32 Å². The zero-order valence-electron chi connectivity index (χ0n) is 13.8. The summed E-state index contributed by atoms with van der Waals surface area (Å²) in [5.74, 6) is 0.120. The van der Waals surface area contributed by atoms with Crippen LogP contribution in [0.5, 0.6) is 0 Å². The summed E-state index contributed by atoms with van der Waals surface area (Å²) in [6.45, 7) is 2.19. The first-order chi connectivity index (χ1) is 10.7. The summed E-state index contributed by atoms with van der Waals surface area (Å²) >= 11 is 0. The van der Waals surface area contributed by atoms with Crippen LogP contribution in [0.15, 0.2) is 24.3 Å². The highest BCUT2D eigenvalue weighted by molar-refractivity contribution is 5.90. The van der Waals surface area contributed by atoms with Gasteiger partial charge in [0.05, 0.1) is 0 Å². The van der Waals surface area contributed by atoms with E-state index < -0.39 is 0 Å². The van der Waals surface area contributed by atoms with E-state index in [-0.39, 0.29) is 11.8 Å². The number of unbranched alkanes of at least 4 members (excludes halogenated alkanes) is 4. The van der Waals surface area contributed by atoms with Gasteiger partial charge >= 0.3 is 0 Å². The van der Waals surface area contributed by atoms with Gasteiger partial charge in [0.1, 0.15) is 0 Å². The zero-order valence-corrected chi connectivity index (χ0v) is 13.8. The maximum absolute atomic E-state index is 11.8. The number of carbonyl (C=O) groups is 2. The predicted molar refractivity (Wildman–Crippen MR) is 90.8 cm³/mol. The maximum Gasteiger partial charge on any atom is 0.224 e. The Kier molecular flexibility index (Phi) is 8.96. The predicted octanol–water partition coefficient (Wildman–Crippen LogP) is 3.66. The third-order valence-corrected chi connectivity index (χ3v) is 3.66. The van der Waals surface area contributed by atoms with Gasteiger partial charge in [0.15, 0.2) is 0 Å². The topological polar surface area (TPSA) is 58.2 Å². The van der Waals surface area contributed by atoms with Gasteiger partial charge in [-0.2, -0.15) is 0 Å². The van der Waals surface area contributed by atoms with E-state index in [0.29, 0.717) is 19.3 Å². The number of nitrogens with one attached hydrogen (secondary N) is 2. The van der Waals surface area contributed by atoms with Crippen LogP contribution >= 0.6 is 0 Å². The van der Waals surface area contributed by atoms with Gasteiger partial charge in [-0.1, -0.05) is 44.7 Å². The summed E-state index contributed by atoms with van der Waals surface area (Å²) in [6.07, 6.45) is 7.55. The number of hydrogen-bond acceptors (Lipinski definition) is 2. The van der Waals surface area contributed by atoms with E-state index in [1.807, 2.05) is 24.3 Å². The maximum atomic E-state index is 11.8. The van der Waals surface area contributed by atoms with Gasteiger partial charge in [0.25, 0.3) is 0 Å². The Balaban J connectivity index is 2.28. The first-order valence-corrected chi connectivity index (χ1v) is 8.25. The molecule has 0 aromatic heterocycles. The molecule has 0 atom stereocenters. The highest BCUT2D eigenvalue weighted by atomic mass is 16.2. The van der Waals surface area contributed by atoms with Crippen LogP contribution in [0.25, 0.3) is 0 Å². The second kappa shape index (κ2) is 10.8. The molecule has 0 saturated heterocycles. The van der Waals surface area contributed by atoms with E-state index >= 15 is 0 Å². The lowest BCUT2D eigenvalue weighted by Crippen LogP contribution is -2.17. The van der Waals surface area contributed by atoms with Crippen molar-refractivity contribution in [2.45, 2.75) is 58.3 Å². The molecule has 0 spiro atoms. The zero-order chi connectivity index (χ0) is 16.2. The molecule has 0 fully saturated rings. The van der Waals surface area contributed by atoms with E-state index in [9.17, 15) is 9.59 Å². The van der Waals surface area contributed by atoms with Gasteiger partial charge in [0.2, 0.25) is 11.8 Å². The van der Waals surface area contributed by atoms with Crippen molar-refractivity contribution in [1.29, 1.82) is 0 Å². The quantitative estimate of drug-likeness (QED) is 0.648. The Morgan fingerprint density at radius 1 is 0.909 bits per heavy atom. The van der Waals surface area contributed by atoms with Crippen LogP contribution in [0.1, 0.15) is 57.4 Å². The molecule has 4 heteroatoms. The number of amides is 2. The van der Waals surface area contributed by atoms with Crippen molar-refractivity contribution >= 4 is 17.5 Å². The first-order valence-electron chi connectivity index (χ1n) is 8.25. The lowest BCUT2D eigenvalue weighted by atomic mass is 10.1. The van der Waals surface area contributed by atoms with Gasteiger partial charge in [-0.15, -0.1) is 0 Å². The molecule has 0 aliphatic rings. The molecule has 0 saturated carbocycles. The standard InChI is InChI=1S/C18H28N2O2/c1-3-4-5-6-7-8-18(22)20-16-12-9-15(10-13-16)11-14-17(21)19-2/h9-10,12-13H,3-8,11,14H2,1-2H3,(H,19,21)(H,20,22). The smallest absolute Gasteiger partial charge is 0.224 e. The molecule has 1 rings (SSSR count). The second-order valence-electron chi connectivity index (χ2n) is 5.58. The van der Waals surface area contributed by atoms with E-state index in [4.69, 9.17) is 0 Å². The molecule has 0 radical (unpaired) electrons. The van der Waals surface area contributed by atoms with Crippen molar-refractivity contribution in [2.24, 2.45) is 0 Å². The molecule has 4 nitrogen and oxygen atoms in total. The van der Waals surface area contributed by atoms with Crippen molar-refractivity contribution in [2.75, 3.05) is 12.4 Å². The van der Waals surface area contributed by atoms with Crippen molar-refractivity contribution < 1.29 is 9.59 Å². The molecule has 2 N–H and O–H groups in total. The normalized spacial score (nSPS) is 10.3. The monoisotopic (exact) mass is 304 g/mol. The molecule has 1 aromatic carbocycles. The third kappa shape index (κ3) is 7.81. The van der Waals surface area contributed by atoms with Crippen molar-refractivity contribution in [3.05, 3.63) is 29.8 Å². The van der Waals surface area contributed by atoms with Gasteiger partial charge in [-0.25, -0.2) is 0 Å². The molecule has 0 aliphatic heterocycles. The number of rotatable bonds is 10. The van der Waals surface area contributed by atoms with Gasteiger partial charge in [0, 0.05) is 25.6 Å². The molecular formula is C18H28N2O2. The minimum atomic E-state index is 0.0421. The minimum absolute atomic E-state index is 0.0421. The highest BCUT2D eigenvalue weighted by Gasteiger charge is 2.03. The Morgan fingerprint density at radius 2 is 1.59 bits per heavy atom. The molecule has 22 heavy (non-hydrogen) atoms. The first kappa shape index (κ1) is 18.2. The molecule has 2 amide bonds. The van der Waals surface area contributed by atoms with E-state index in [2.05, 4.69) is 17.6 Å². The molecule has 1 aromatic rings. The summed E-state index contributed by atoms with van der Waals surface area (Å²) in [5.41, 5.74) is 1.92. The fourth-order valence-corrected chi connectivity index (χ4v) is 2.25. The molecule has 0 aliphatic carbocycles. The fourth-order valence-electron chi connectivity index (χ4n) is 2.25. The minimum Gasteiger partial charge on any atom is -0.359 e. The Labute approximate surface area is 133 Å². The highest BCUT2D eigenvalue weighted by Crippen LogP contribution is 2.12. The van der Waals surface area contributed by atoms with Crippen LogP contribution < -0.4 is 10.6 Å². The van der Waals surface area contributed by atoms with Crippen LogP contribution in [0.3, 0.4) is 0 Å². The van der Waals surface area contributed by atoms with Crippen LogP contribution in [-0.2, 0) is 16.0 Å². The molecular weight excluding hydrogens is 276 g/mol. The molecule has 122 valence electrons. The van der Waals surface area contributed by atoms with Gasteiger partial charge in [-0.3, -0.25) is 9.59 Å². The second-order valence-corrected chi connectivity index (χ2v) is 5.58. The summed E-state index contributed by atoms with van der Waals surface area (Å²) in [4.78, 5) is 23.0. The average Bonchev–Trinajstić information content (AvgIpc) is 2.53. The molecule has 0 heterocycles. The van der Waals surface area contributed by atoms with Crippen LogP contribution in [0, 0.1) is 0 Å². The fraction of sp³-hybridized carbons (Fsp3) is 0.556. The average molecular weight is 304 g/mol. The number of hydrogen-bond donors (Lipinski definition) is 2.